The van der Waals surface area contributed by atoms with Crippen LogP contribution in [-0.4, -0.2) is 0 Å². The van der Waals surface area contributed by atoms with Crippen molar-refractivity contribution in [3.8, 4) is 0 Å². The van der Waals surface area contributed by atoms with Crippen LogP contribution in [0.3, 0.4) is 0 Å². The van der Waals surface area contributed by atoms with Gasteiger partial charge in [-0.2, -0.15) is 0 Å². The summed E-state index contributed by atoms with van der Waals surface area (Å²) in [6.07, 6.45) is 6.90. The van der Waals surface area contributed by atoms with Crippen molar-refractivity contribution in [2.24, 2.45) is 5.92 Å². The van der Waals surface area contributed by atoms with E-state index in [9.17, 15) is 0 Å². The average Bonchev–Trinajstić information content (AvgIpc) is 1.66. The van der Waals surface area contributed by atoms with E-state index in [0.717, 1.165) is 5.92 Å². The van der Waals surface area contributed by atoms with Gasteiger partial charge in [-0.25, -0.2) is 0 Å². The zero-order valence-electron chi connectivity index (χ0n) is 6.15. The first kappa shape index (κ1) is 7.74. The summed E-state index contributed by atoms with van der Waals surface area (Å²) in [5, 5.41) is 0. The Hall–Kier alpha value is -0.260. The highest BCUT2D eigenvalue weighted by molar-refractivity contribution is 4.76. The topological polar surface area (TPSA) is 0 Å². The Bertz CT molecular complexity index is 60.4. The number of allylic oxidation sites excluding steroid dienone is 2. The van der Waals surface area contributed by atoms with Crippen LogP contribution in [0.4, 0.5) is 0 Å². The Kier molecular flexibility index (Phi) is 4.73. The largest absolute Gasteiger partial charge is 0.0917 e. The molecule has 0 radical (unpaired) electrons. The smallest absolute Gasteiger partial charge is 0.0348 e. The standard InChI is InChI=1S/C8H16/c1-4-5-6-7-8(2)3/h4-5,8H,6-7H2,1-3H3. The summed E-state index contributed by atoms with van der Waals surface area (Å²) in [5.74, 6) is 0.853. The van der Waals surface area contributed by atoms with Crippen LogP contribution >= 0.6 is 0 Å². The molecule has 8 heavy (non-hydrogen) atoms. The molecule has 0 aliphatic rings. The molecule has 0 rings (SSSR count). The minimum Gasteiger partial charge on any atom is -0.0917 e. The first-order valence-corrected chi connectivity index (χ1v) is 3.38. The number of rotatable bonds is 3. The lowest BCUT2D eigenvalue weighted by Crippen LogP contribution is -1.82. The molecule has 0 aromatic carbocycles. The molecule has 0 unspecified atom stereocenters. The molecule has 0 atom stereocenters. The maximum absolute atomic E-state index is 2.25. The van der Waals surface area contributed by atoms with Gasteiger partial charge in [0.2, 0.25) is 0 Å². The van der Waals surface area contributed by atoms with Crippen LogP contribution < -0.4 is 0 Å². The van der Waals surface area contributed by atoms with Gasteiger partial charge in [-0.05, 0) is 25.7 Å². The van der Waals surface area contributed by atoms with Crippen molar-refractivity contribution in [3.05, 3.63) is 12.2 Å². The molecular weight excluding hydrogens is 96.1 g/mol. The number of hydrogen-bond donors (Lipinski definition) is 0. The van der Waals surface area contributed by atoms with E-state index >= 15 is 0 Å². The van der Waals surface area contributed by atoms with E-state index in [4.69, 9.17) is 0 Å². The van der Waals surface area contributed by atoms with E-state index in [1.54, 1.807) is 0 Å². The zero-order chi connectivity index (χ0) is 6.41. The normalized spacial score (nSPS) is 11.5. The van der Waals surface area contributed by atoms with Gasteiger partial charge in [-0.3, -0.25) is 0 Å². The molecule has 0 nitrogen and oxygen atoms in total. The molecule has 0 bridgehead atoms. The van der Waals surface area contributed by atoms with Crippen LogP contribution in [0.1, 0.15) is 33.6 Å². The Morgan fingerprint density at radius 3 is 2.38 bits per heavy atom. The van der Waals surface area contributed by atoms with Crippen molar-refractivity contribution in [2.45, 2.75) is 33.6 Å². The quantitative estimate of drug-likeness (QED) is 0.492. The predicted octanol–water partition coefficient (Wildman–Crippen LogP) is 3.00. The van der Waals surface area contributed by atoms with Gasteiger partial charge in [0.15, 0.2) is 0 Å². The Morgan fingerprint density at radius 1 is 1.38 bits per heavy atom. The lowest BCUT2D eigenvalue weighted by atomic mass is 10.1. The average molecular weight is 112 g/mol. The van der Waals surface area contributed by atoms with Crippen LogP contribution in [0.2, 0.25) is 0 Å². The highest BCUT2D eigenvalue weighted by Gasteiger charge is 1.87. The van der Waals surface area contributed by atoms with Gasteiger partial charge >= 0.3 is 0 Å². The molecular formula is C8H16. The van der Waals surface area contributed by atoms with Crippen LogP contribution in [-0.2, 0) is 0 Å². The van der Waals surface area contributed by atoms with Crippen LogP contribution in [0.25, 0.3) is 0 Å². The molecule has 0 aliphatic carbocycles. The highest BCUT2D eigenvalue weighted by atomic mass is 13.9. The lowest BCUT2D eigenvalue weighted by Gasteiger charge is -1.97. The summed E-state index contributed by atoms with van der Waals surface area (Å²) < 4.78 is 0. The minimum absolute atomic E-state index is 0.853. The zero-order valence-corrected chi connectivity index (χ0v) is 6.15. The monoisotopic (exact) mass is 112 g/mol. The Morgan fingerprint density at radius 2 is 2.00 bits per heavy atom. The molecule has 0 fully saturated rings. The molecule has 0 spiro atoms. The fourth-order valence-electron chi connectivity index (χ4n) is 0.596. The fraction of sp³-hybridized carbons (Fsp3) is 0.750. The van der Waals surface area contributed by atoms with E-state index in [-0.39, 0.29) is 0 Å². The van der Waals surface area contributed by atoms with E-state index < -0.39 is 0 Å². The van der Waals surface area contributed by atoms with E-state index in [1.807, 2.05) is 0 Å². The third kappa shape index (κ3) is 5.74. The van der Waals surface area contributed by atoms with Gasteiger partial charge in [-0.1, -0.05) is 26.0 Å². The van der Waals surface area contributed by atoms with E-state index in [0.29, 0.717) is 0 Å². The molecule has 0 amide bonds. The molecule has 0 N–H and O–H groups in total. The second kappa shape index (κ2) is 4.89. The van der Waals surface area contributed by atoms with Gasteiger partial charge in [0.1, 0.15) is 0 Å². The second-order valence-corrected chi connectivity index (χ2v) is 2.54. The molecule has 0 heteroatoms. The predicted molar refractivity (Wildman–Crippen MR) is 38.9 cm³/mol. The van der Waals surface area contributed by atoms with Crippen LogP contribution in [0.15, 0.2) is 12.2 Å². The molecule has 0 saturated carbocycles. The second-order valence-electron chi connectivity index (χ2n) is 2.54. The summed E-state index contributed by atoms with van der Waals surface area (Å²) in [6.45, 7) is 6.58. The molecule has 0 aromatic rings. The van der Waals surface area contributed by atoms with Crippen molar-refractivity contribution in [1.29, 1.82) is 0 Å². The van der Waals surface area contributed by atoms with Crippen molar-refractivity contribution >= 4 is 0 Å². The van der Waals surface area contributed by atoms with Crippen LogP contribution in [0, 0.1) is 5.92 Å². The van der Waals surface area contributed by atoms with Gasteiger partial charge in [0.05, 0.1) is 0 Å². The minimum atomic E-state index is 0.853. The van der Waals surface area contributed by atoms with Gasteiger partial charge in [0.25, 0.3) is 0 Å². The first-order valence-electron chi connectivity index (χ1n) is 3.38. The van der Waals surface area contributed by atoms with Crippen molar-refractivity contribution < 1.29 is 0 Å². The molecule has 0 heterocycles. The summed E-state index contributed by atoms with van der Waals surface area (Å²) in [6, 6.07) is 0. The third-order valence-electron chi connectivity index (χ3n) is 1.15. The van der Waals surface area contributed by atoms with Crippen molar-refractivity contribution in [1.82, 2.24) is 0 Å². The molecule has 48 valence electrons. The van der Waals surface area contributed by atoms with Gasteiger partial charge in [0, 0.05) is 0 Å². The molecule has 0 saturated heterocycles. The Balaban J connectivity index is 2.93. The van der Waals surface area contributed by atoms with Crippen molar-refractivity contribution in [2.75, 3.05) is 0 Å². The van der Waals surface area contributed by atoms with Gasteiger partial charge in [-0.15, -0.1) is 0 Å². The van der Waals surface area contributed by atoms with E-state index in [2.05, 4.69) is 32.9 Å². The van der Waals surface area contributed by atoms with Crippen LogP contribution in [0.5, 0.6) is 0 Å². The number of hydrogen-bond acceptors (Lipinski definition) is 0. The maximum Gasteiger partial charge on any atom is -0.0348 e. The summed E-state index contributed by atoms with van der Waals surface area (Å²) in [7, 11) is 0. The SMILES string of the molecule is CC=CCCC(C)C. The first-order chi connectivity index (χ1) is 3.77. The van der Waals surface area contributed by atoms with E-state index in [1.165, 1.54) is 12.8 Å². The Labute approximate surface area is 52.6 Å². The highest BCUT2D eigenvalue weighted by Crippen LogP contribution is 2.02. The summed E-state index contributed by atoms with van der Waals surface area (Å²) in [4.78, 5) is 0. The fourth-order valence-corrected chi connectivity index (χ4v) is 0.596. The summed E-state index contributed by atoms with van der Waals surface area (Å²) >= 11 is 0. The summed E-state index contributed by atoms with van der Waals surface area (Å²) in [5.41, 5.74) is 0. The lowest BCUT2D eigenvalue weighted by molar-refractivity contribution is 0.594. The molecule has 0 aromatic heterocycles. The molecule has 0 aliphatic heterocycles. The van der Waals surface area contributed by atoms with Crippen molar-refractivity contribution in [3.63, 3.8) is 0 Å². The third-order valence-corrected chi connectivity index (χ3v) is 1.15. The van der Waals surface area contributed by atoms with Gasteiger partial charge < -0.3 is 0 Å². The maximum atomic E-state index is 2.25.